The fraction of sp³-hybridized carbons (Fsp3) is 0.650. The third-order valence-corrected chi connectivity index (χ3v) is 8.43. The van der Waals surface area contributed by atoms with Gasteiger partial charge in [-0.2, -0.15) is 4.31 Å². The number of piperazine rings is 1. The highest BCUT2D eigenvalue weighted by Gasteiger charge is 2.44. The summed E-state index contributed by atoms with van der Waals surface area (Å²) in [5.41, 5.74) is 0. The predicted octanol–water partition coefficient (Wildman–Crippen LogP) is 0.981. The molecule has 3 aliphatic rings. The first-order chi connectivity index (χ1) is 14.8. The van der Waals surface area contributed by atoms with Gasteiger partial charge >= 0.3 is 0 Å². The Balaban J connectivity index is 1.48. The number of nitrogens with one attached hydrogen (secondary N) is 1. The van der Waals surface area contributed by atoms with Crippen molar-refractivity contribution in [3.05, 3.63) is 24.1 Å². The molecule has 1 atom stereocenters. The summed E-state index contributed by atoms with van der Waals surface area (Å²) in [6.07, 6.45) is 4.32. The highest BCUT2D eigenvalue weighted by molar-refractivity contribution is 7.90. The molecular weight excluding hydrogens is 427 g/mol. The molecule has 0 bridgehead atoms. The van der Waals surface area contributed by atoms with Gasteiger partial charge in [-0.05, 0) is 50.2 Å². The summed E-state index contributed by atoms with van der Waals surface area (Å²) in [6, 6.07) is 1.80. The van der Waals surface area contributed by atoms with Gasteiger partial charge in [-0.3, -0.25) is 9.59 Å². The van der Waals surface area contributed by atoms with E-state index in [1.807, 2.05) is 0 Å². The van der Waals surface area contributed by atoms with E-state index in [9.17, 15) is 22.4 Å². The van der Waals surface area contributed by atoms with Gasteiger partial charge in [-0.15, -0.1) is 0 Å². The monoisotopic (exact) mass is 454 g/mol. The molecule has 1 aromatic heterocycles. The second-order valence-corrected chi connectivity index (χ2v) is 10.5. The summed E-state index contributed by atoms with van der Waals surface area (Å²) in [6.45, 7) is 1.31. The number of ether oxygens (including phenoxy) is 1. The van der Waals surface area contributed by atoms with Gasteiger partial charge in [0.15, 0.2) is 0 Å². The van der Waals surface area contributed by atoms with Crippen LogP contribution < -0.4 is 5.32 Å². The van der Waals surface area contributed by atoms with Crippen LogP contribution >= 0.6 is 0 Å². The lowest BCUT2D eigenvalue weighted by atomic mass is 9.91. The lowest BCUT2D eigenvalue weighted by Crippen LogP contribution is -2.58. The van der Waals surface area contributed by atoms with E-state index >= 15 is 0 Å². The first-order valence-corrected chi connectivity index (χ1v) is 12.1. The van der Waals surface area contributed by atoms with Gasteiger partial charge in [-0.25, -0.2) is 17.8 Å². The van der Waals surface area contributed by atoms with Gasteiger partial charge in [0.05, 0.1) is 18.0 Å². The lowest BCUT2D eigenvalue weighted by Gasteiger charge is -2.39. The van der Waals surface area contributed by atoms with E-state index in [1.165, 1.54) is 21.3 Å². The van der Waals surface area contributed by atoms with Crippen molar-refractivity contribution >= 4 is 27.7 Å². The normalized spacial score (nSPS) is 22.4. The summed E-state index contributed by atoms with van der Waals surface area (Å²) in [4.78, 5) is 31.4. The topological polar surface area (TPSA) is 109 Å². The van der Waals surface area contributed by atoms with Crippen LogP contribution in [0.25, 0.3) is 0 Å². The van der Waals surface area contributed by atoms with Crippen LogP contribution in [0.4, 0.5) is 10.2 Å². The van der Waals surface area contributed by atoms with Crippen LogP contribution in [0.1, 0.15) is 32.1 Å². The number of anilines is 1. The Bertz CT molecular complexity index is 916. The third kappa shape index (κ3) is 5.21. The fourth-order valence-electron chi connectivity index (χ4n) is 4.12. The number of nitrogens with zero attached hydrogens (tertiary/aromatic N) is 3. The number of carbonyl (C=O) groups is 2. The first kappa shape index (κ1) is 22.1. The van der Waals surface area contributed by atoms with Crippen LogP contribution in [0, 0.1) is 11.7 Å². The maximum atomic E-state index is 13.1. The number of sulfonamides is 1. The molecule has 3 fully saturated rings. The van der Waals surface area contributed by atoms with Crippen molar-refractivity contribution in [3.8, 4) is 0 Å². The molecule has 4 rings (SSSR count). The predicted molar refractivity (Wildman–Crippen MR) is 110 cm³/mol. The average molecular weight is 455 g/mol. The molecule has 1 N–H and O–H groups in total. The molecule has 1 saturated carbocycles. The standard InChI is InChI=1S/C20H27FN4O5S/c21-15-1-4-18(22-12-15)23-20(27)17(11-14-5-9-30-10-6-14)25-8-7-24(13-19(25)26)31(28,29)16-2-3-16/h1,4,12,14,16-17H,2-3,5-11,13H2,(H,22,23,27). The SMILES string of the molecule is O=C(Nc1ccc(F)cn1)C(CC1CCOCC1)N1CCN(S(=O)(=O)C2CC2)CC1=O. The van der Waals surface area contributed by atoms with Gasteiger partial charge in [0.1, 0.15) is 17.7 Å². The molecule has 31 heavy (non-hydrogen) atoms. The zero-order chi connectivity index (χ0) is 22.0. The summed E-state index contributed by atoms with van der Waals surface area (Å²) in [5.74, 6) is -0.885. The number of pyridine rings is 1. The summed E-state index contributed by atoms with van der Waals surface area (Å²) in [7, 11) is -3.45. The molecule has 0 spiro atoms. The molecule has 0 radical (unpaired) electrons. The van der Waals surface area contributed by atoms with E-state index in [2.05, 4.69) is 10.3 Å². The fourth-order valence-corrected chi connectivity index (χ4v) is 5.90. The number of hydrogen-bond acceptors (Lipinski definition) is 6. The Morgan fingerprint density at radius 2 is 1.97 bits per heavy atom. The maximum Gasteiger partial charge on any atom is 0.248 e. The molecule has 11 heteroatoms. The second kappa shape index (κ2) is 9.17. The van der Waals surface area contributed by atoms with Crippen LogP contribution in [0.5, 0.6) is 0 Å². The van der Waals surface area contributed by atoms with Crippen LogP contribution in [-0.2, 0) is 24.3 Å². The molecule has 9 nitrogen and oxygen atoms in total. The maximum absolute atomic E-state index is 13.1. The Morgan fingerprint density at radius 1 is 1.23 bits per heavy atom. The lowest BCUT2D eigenvalue weighted by molar-refractivity contribution is -0.142. The second-order valence-electron chi connectivity index (χ2n) is 8.32. The third-order valence-electron chi connectivity index (χ3n) is 6.08. The largest absolute Gasteiger partial charge is 0.381 e. The smallest absolute Gasteiger partial charge is 0.248 e. The van der Waals surface area contributed by atoms with Crippen molar-refractivity contribution < 1.29 is 27.1 Å². The Morgan fingerprint density at radius 3 is 2.58 bits per heavy atom. The zero-order valence-corrected chi connectivity index (χ0v) is 18.0. The number of aromatic nitrogens is 1. The minimum atomic E-state index is -3.45. The van der Waals surface area contributed by atoms with Gasteiger partial charge in [0.2, 0.25) is 21.8 Å². The molecule has 1 aliphatic carbocycles. The molecule has 0 aromatic carbocycles. The summed E-state index contributed by atoms with van der Waals surface area (Å²) >= 11 is 0. The van der Waals surface area contributed by atoms with E-state index in [1.54, 1.807) is 0 Å². The first-order valence-electron chi connectivity index (χ1n) is 10.6. The van der Waals surface area contributed by atoms with Crippen molar-refractivity contribution in [2.45, 2.75) is 43.4 Å². The van der Waals surface area contributed by atoms with Gasteiger partial charge in [-0.1, -0.05) is 0 Å². The van der Waals surface area contributed by atoms with Gasteiger partial charge in [0, 0.05) is 26.3 Å². The number of amides is 2. The number of rotatable bonds is 7. The van der Waals surface area contributed by atoms with Crippen molar-refractivity contribution in [1.82, 2.24) is 14.2 Å². The average Bonchev–Trinajstić information content (AvgIpc) is 3.61. The van der Waals surface area contributed by atoms with Gasteiger partial charge in [0.25, 0.3) is 0 Å². The minimum absolute atomic E-state index is 0.156. The van der Waals surface area contributed by atoms with E-state index in [0.29, 0.717) is 32.5 Å². The molecule has 2 aliphatic heterocycles. The molecule has 2 saturated heterocycles. The van der Waals surface area contributed by atoms with Crippen molar-refractivity contribution in [1.29, 1.82) is 0 Å². The molecule has 1 unspecified atom stereocenters. The van der Waals surface area contributed by atoms with Crippen molar-refractivity contribution in [2.24, 2.45) is 5.92 Å². The summed E-state index contributed by atoms with van der Waals surface area (Å²) in [5, 5.41) is 2.30. The molecular formula is C20H27FN4O5S. The molecule has 170 valence electrons. The van der Waals surface area contributed by atoms with Crippen LogP contribution in [0.15, 0.2) is 18.3 Å². The number of carbonyl (C=O) groups excluding carboxylic acids is 2. The number of hydrogen-bond donors (Lipinski definition) is 1. The minimum Gasteiger partial charge on any atom is -0.381 e. The van der Waals surface area contributed by atoms with Crippen LogP contribution in [0.3, 0.4) is 0 Å². The van der Waals surface area contributed by atoms with E-state index < -0.39 is 27.8 Å². The molecule has 1 aromatic rings. The van der Waals surface area contributed by atoms with Crippen LogP contribution in [0.2, 0.25) is 0 Å². The van der Waals surface area contributed by atoms with Crippen molar-refractivity contribution in [2.75, 3.05) is 38.2 Å². The van der Waals surface area contributed by atoms with E-state index in [0.717, 1.165) is 19.0 Å². The quantitative estimate of drug-likeness (QED) is 0.658. The Labute approximate surface area is 181 Å². The van der Waals surface area contributed by atoms with E-state index in [-0.39, 0.29) is 42.5 Å². The van der Waals surface area contributed by atoms with Crippen LogP contribution in [-0.4, -0.2) is 78.6 Å². The number of halogens is 1. The molecule has 2 amide bonds. The Hall–Kier alpha value is -2.11. The highest BCUT2D eigenvalue weighted by Crippen LogP contribution is 2.32. The van der Waals surface area contributed by atoms with E-state index in [4.69, 9.17) is 4.74 Å². The zero-order valence-electron chi connectivity index (χ0n) is 17.2. The van der Waals surface area contributed by atoms with Crippen molar-refractivity contribution in [3.63, 3.8) is 0 Å². The summed E-state index contributed by atoms with van der Waals surface area (Å²) < 4.78 is 44.8. The Kier molecular flexibility index (Phi) is 6.54. The van der Waals surface area contributed by atoms with Gasteiger partial charge < -0.3 is 15.0 Å². The highest BCUT2D eigenvalue weighted by atomic mass is 32.2. The molecule has 3 heterocycles.